The summed E-state index contributed by atoms with van der Waals surface area (Å²) in [4.78, 5) is 28.7. The third kappa shape index (κ3) is 6.53. The van der Waals surface area contributed by atoms with Crippen LogP contribution >= 0.6 is 0 Å². The number of hydrogen-bond donors (Lipinski definition) is 0. The summed E-state index contributed by atoms with van der Waals surface area (Å²) in [6.07, 6.45) is -14.9. The molecule has 40 heavy (non-hydrogen) atoms. The summed E-state index contributed by atoms with van der Waals surface area (Å²) in [6.45, 7) is -0.0927. The van der Waals surface area contributed by atoms with Gasteiger partial charge < -0.3 is 9.80 Å². The number of carbonyl (C=O) groups is 2. The van der Waals surface area contributed by atoms with Crippen molar-refractivity contribution in [2.75, 3.05) is 39.3 Å². The van der Waals surface area contributed by atoms with Gasteiger partial charge in [0.2, 0.25) is 0 Å². The van der Waals surface area contributed by atoms with Crippen LogP contribution in [0.1, 0.15) is 39.4 Å². The number of hydrogen-bond acceptors (Lipinski definition) is 3. The molecule has 4 rings (SSSR count). The molecule has 0 bridgehead atoms. The fourth-order valence-corrected chi connectivity index (χ4v) is 5.29. The maximum absolute atomic E-state index is 13.3. The second kappa shape index (κ2) is 10.9. The van der Waals surface area contributed by atoms with Gasteiger partial charge in [0.25, 0.3) is 5.91 Å². The van der Waals surface area contributed by atoms with Crippen LogP contribution in [0.25, 0.3) is 0 Å². The molecule has 0 spiro atoms. The topological polar surface area (TPSA) is 43.9 Å². The Kier molecular flexibility index (Phi) is 8.12. The fraction of sp³-hybridized carbons (Fsp3) is 0.462. The molecule has 2 saturated heterocycles. The average Bonchev–Trinajstić information content (AvgIpc) is 2.91. The molecule has 2 atom stereocenters. The summed E-state index contributed by atoms with van der Waals surface area (Å²) in [5.41, 5.74) is -3.18. The minimum absolute atomic E-state index is 0.00608. The van der Waals surface area contributed by atoms with E-state index in [0.717, 1.165) is 10.5 Å². The fourth-order valence-electron chi connectivity index (χ4n) is 5.29. The Bertz CT molecular complexity index is 1190. The quantitative estimate of drug-likeness (QED) is 0.455. The van der Waals surface area contributed by atoms with E-state index in [4.69, 9.17) is 0 Å². The summed E-state index contributed by atoms with van der Waals surface area (Å²) in [5.74, 6) is -3.35. The third-order valence-corrected chi connectivity index (χ3v) is 7.24. The molecule has 0 saturated carbocycles. The lowest BCUT2D eigenvalue weighted by atomic mass is 9.84. The lowest BCUT2D eigenvalue weighted by Crippen LogP contribution is -2.58. The number of piperidine rings is 1. The first kappa shape index (κ1) is 29.7. The van der Waals surface area contributed by atoms with Crippen LogP contribution in [0.5, 0.6) is 0 Å². The van der Waals surface area contributed by atoms with Crippen molar-refractivity contribution in [3.05, 3.63) is 70.8 Å². The second-order valence-corrected chi connectivity index (χ2v) is 9.74. The Morgan fingerprint density at radius 3 is 1.75 bits per heavy atom. The van der Waals surface area contributed by atoms with Crippen LogP contribution in [0.15, 0.2) is 48.5 Å². The van der Waals surface area contributed by atoms with E-state index >= 15 is 0 Å². The van der Waals surface area contributed by atoms with Gasteiger partial charge in [-0.05, 0) is 30.2 Å². The number of halogens is 9. The highest BCUT2D eigenvalue weighted by atomic mass is 19.4. The Morgan fingerprint density at radius 1 is 0.700 bits per heavy atom. The van der Waals surface area contributed by atoms with Crippen molar-refractivity contribution in [3.8, 4) is 0 Å². The Balaban J connectivity index is 1.57. The van der Waals surface area contributed by atoms with Gasteiger partial charge in [-0.1, -0.05) is 30.3 Å². The molecule has 5 nitrogen and oxygen atoms in total. The first-order valence-electron chi connectivity index (χ1n) is 12.3. The highest BCUT2D eigenvalue weighted by Gasteiger charge is 2.45. The minimum atomic E-state index is -5.11. The number of piperazine rings is 1. The molecular weight excluding hydrogens is 557 g/mol. The van der Waals surface area contributed by atoms with Crippen LogP contribution in [-0.2, 0) is 17.1 Å². The highest BCUT2D eigenvalue weighted by molar-refractivity contribution is 5.95. The summed E-state index contributed by atoms with van der Waals surface area (Å²) in [5, 5.41) is 0. The molecule has 2 amide bonds. The molecule has 0 N–H and O–H groups in total. The number of rotatable bonds is 3. The molecule has 2 fully saturated rings. The van der Waals surface area contributed by atoms with E-state index in [1.807, 2.05) is 4.90 Å². The van der Waals surface area contributed by atoms with Crippen LogP contribution in [-0.4, -0.2) is 78.0 Å². The largest absolute Gasteiger partial charge is 0.471 e. The van der Waals surface area contributed by atoms with E-state index < -0.39 is 53.0 Å². The van der Waals surface area contributed by atoms with Gasteiger partial charge in [0.1, 0.15) is 0 Å². The number of amides is 2. The Hall–Kier alpha value is -3.29. The highest BCUT2D eigenvalue weighted by Crippen LogP contribution is 2.38. The van der Waals surface area contributed by atoms with Crippen molar-refractivity contribution in [1.82, 2.24) is 14.7 Å². The van der Waals surface area contributed by atoms with Crippen LogP contribution in [0.4, 0.5) is 39.5 Å². The first-order valence-corrected chi connectivity index (χ1v) is 12.3. The van der Waals surface area contributed by atoms with E-state index in [2.05, 4.69) is 0 Å². The maximum Gasteiger partial charge on any atom is 0.471 e. The van der Waals surface area contributed by atoms with Gasteiger partial charge in [-0.25, -0.2) is 0 Å². The summed E-state index contributed by atoms with van der Waals surface area (Å²) < 4.78 is 119. The molecule has 2 aliphatic heterocycles. The number of likely N-dealkylation sites (tertiary alicyclic amines) is 1. The second-order valence-electron chi connectivity index (χ2n) is 9.74. The number of carbonyl (C=O) groups excluding carboxylic acids is 2. The van der Waals surface area contributed by atoms with E-state index in [-0.39, 0.29) is 57.8 Å². The first-order chi connectivity index (χ1) is 18.6. The number of nitrogens with zero attached hydrogens (tertiary/aromatic N) is 3. The molecular formula is C26H24F9N3O2. The zero-order valence-electron chi connectivity index (χ0n) is 20.8. The predicted molar refractivity (Wildman–Crippen MR) is 124 cm³/mol. The maximum atomic E-state index is 13.3. The summed E-state index contributed by atoms with van der Waals surface area (Å²) in [6, 6.07) is 9.21. The standard InChI is InChI=1S/C26H24F9N3O2/c27-24(28,29)18-12-17(13-19(14-18)25(30,31)32)22(39)38-7-6-21(20(15-38)16-4-2-1-3-5-16)36-8-10-37(11-9-36)23(40)26(33,34)35/h1-5,12-14,20-21H,6-11,15H2/t20-,21-/m0/s1. The average molecular weight is 581 g/mol. The molecule has 0 aliphatic carbocycles. The van der Waals surface area contributed by atoms with E-state index in [9.17, 15) is 49.1 Å². The Labute approximate surface area is 223 Å². The smallest absolute Gasteiger partial charge is 0.338 e. The van der Waals surface area contributed by atoms with Crippen molar-refractivity contribution in [2.24, 2.45) is 0 Å². The van der Waals surface area contributed by atoms with Crippen molar-refractivity contribution >= 4 is 11.8 Å². The normalized spacial score (nSPS) is 21.4. The van der Waals surface area contributed by atoms with E-state index in [1.165, 1.54) is 4.90 Å². The lowest BCUT2D eigenvalue weighted by molar-refractivity contribution is -0.187. The van der Waals surface area contributed by atoms with Gasteiger partial charge in [-0.2, -0.15) is 39.5 Å². The Morgan fingerprint density at radius 2 is 1.25 bits per heavy atom. The molecule has 0 unspecified atom stereocenters. The van der Waals surface area contributed by atoms with Crippen molar-refractivity contribution in [2.45, 2.75) is 36.9 Å². The van der Waals surface area contributed by atoms with Gasteiger partial charge in [-0.15, -0.1) is 0 Å². The minimum Gasteiger partial charge on any atom is -0.338 e. The molecule has 2 heterocycles. The number of benzene rings is 2. The van der Waals surface area contributed by atoms with Gasteiger partial charge in [0, 0.05) is 56.8 Å². The lowest BCUT2D eigenvalue weighted by Gasteiger charge is -2.47. The third-order valence-electron chi connectivity index (χ3n) is 7.24. The van der Waals surface area contributed by atoms with Gasteiger partial charge in [-0.3, -0.25) is 14.5 Å². The van der Waals surface area contributed by atoms with Gasteiger partial charge >= 0.3 is 24.4 Å². The zero-order valence-corrected chi connectivity index (χ0v) is 20.8. The molecule has 0 aromatic heterocycles. The zero-order chi connectivity index (χ0) is 29.5. The van der Waals surface area contributed by atoms with Gasteiger partial charge in [0.05, 0.1) is 11.1 Å². The molecule has 14 heteroatoms. The molecule has 2 aromatic carbocycles. The van der Waals surface area contributed by atoms with Gasteiger partial charge in [0.15, 0.2) is 0 Å². The number of alkyl halides is 9. The monoisotopic (exact) mass is 581 g/mol. The van der Waals surface area contributed by atoms with Crippen molar-refractivity contribution in [3.63, 3.8) is 0 Å². The summed E-state index contributed by atoms with van der Waals surface area (Å²) >= 11 is 0. The van der Waals surface area contributed by atoms with Crippen LogP contribution in [0, 0.1) is 0 Å². The SMILES string of the molecule is O=C(c1cc(C(F)(F)F)cc(C(F)(F)F)c1)N1CC[C@H](N2CCN(C(=O)C(F)(F)F)CC2)[C@H](c2ccccc2)C1. The van der Waals surface area contributed by atoms with Crippen molar-refractivity contribution in [1.29, 1.82) is 0 Å². The molecule has 2 aromatic rings. The molecule has 0 radical (unpaired) electrons. The predicted octanol–water partition coefficient (Wildman–Crippen LogP) is 5.43. The molecule has 2 aliphatic rings. The van der Waals surface area contributed by atoms with Crippen LogP contribution in [0.2, 0.25) is 0 Å². The molecule has 218 valence electrons. The van der Waals surface area contributed by atoms with E-state index in [1.54, 1.807) is 30.3 Å². The van der Waals surface area contributed by atoms with Crippen LogP contribution < -0.4 is 0 Å². The summed E-state index contributed by atoms with van der Waals surface area (Å²) in [7, 11) is 0. The van der Waals surface area contributed by atoms with E-state index in [0.29, 0.717) is 12.1 Å². The van der Waals surface area contributed by atoms with Crippen molar-refractivity contribution < 1.29 is 49.1 Å². The van der Waals surface area contributed by atoms with Crippen LogP contribution in [0.3, 0.4) is 0 Å².